The quantitative estimate of drug-likeness (QED) is 0.659. The Balaban J connectivity index is 2.97. The minimum Gasteiger partial charge on any atom is -0.268 e. The maximum Gasteiger partial charge on any atom is 0.0719 e. The molecule has 0 fully saturated rings. The zero-order valence-electron chi connectivity index (χ0n) is 11.0. The van der Waals surface area contributed by atoms with Gasteiger partial charge < -0.3 is 0 Å². The molecule has 16 heavy (non-hydrogen) atoms. The largest absolute Gasteiger partial charge is 0.268 e. The second-order valence-corrected chi connectivity index (χ2v) is 5.65. The molecule has 1 aromatic heterocycles. The number of hydrogen-bond acceptors (Lipinski definition) is 1. The first-order valence-electron chi connectivity index (χ1n) is 5.75. The number of benzene rings is 1. The molecular weight excluding hydrogens is 196 g/mol. The van der Waals surface area contributed by atoms with Crippen molar-refractivity contribution in [3.63, 3.8) is 0 Å². The molecule has 0 unspecified atom stereocenters. The van der Waals surface area contributed by atoms with Gasteiger partial charge in [-0.1, -0.05) is 20.8 Å². The third-order valence-electron chi connectivity index (χ3n) is 3.29. The maximum atomic E-state index is 4.37. The SMILES string of the molecule is Cc1cc2cnn(C)c2c(C(C)(C)C)c1C. The van der Waals surface area contributed by atoms with E-state index in [1.54, 1.807) is 0 Å². The summed E-state index contributed by atoms with van der Waals surface area (Å²) in [6.07, 6.45) is 1.96. The van der Waals surface area contributed by atoms with Crippen LogP contribution < -0.4 is 0 Å². The molecule has 2 heteroatoms. The molecule has 0 aliphatic heterocycles. The molecule has 1 aromatic carbocycles. The molecule has 0 saturated carbocycles. The Morgan fingerprint density at radius 3 is 2.38 bits per heavy atom. The van der Waals surface area contributed by atoms with Crippen molar-refractivity contribution in [1.29, 1.82) is 0 Å². The van der Waals surface area contributed by atoms with Crippen LogP contribution >= 0.6 is 0 Å². The Kier molecular flexibility index (Phi) is 2.33. The van der Waals surface area contributed by atoms with Crippen molar-refractivity contribution in [2.75, 3.05) is 0 Å². The molecular formula is C14H20N2. The van der Waals surface area contributed by atoms with Gasteiger partial charge in [-0.05, 0) is 42.0 Å². The van der Waals surface area contributed by atoms with Crippen LogP contribution in [0.2, 0.25) is 0 Å². The van der Waals surface area contributed by atoms with Gasteiger partial charge in [-0.25, -0.2) is 0 Å². The zero-order chi connectivity index (χ0) is 12.1. The molecule has 0 saturated heterocycles. The number of nitrogens with zero attached hydrogens (tertiary/aromatic N) is 2. The summed E-state index contributed by atoms with van der Waals surface area (Å²) in [5.74, 6) is 0. The number of aromatic nitrogens is 2. The second-order valence-electron chi connectivity index (χ2n) is 5.65. The number of aryl methyl sites for hydroxylation is 2. The number of rotatable bonds is 0. The Bertz CT molecular complexity index is 542. The summed E-state index contributed by atoms with van der Waals surface area (Å²) in [6, 6.07) is 2.23. The van der Waals surface area contributed by atoms with Gasteiger partial charge in [0.1, 0.15) is 0 Å². The van der Waals surface area contributed by atoms with Crippen molar-refractivity contribution in [2.24, 2.45) is 7.05 Å². The average molecular weight is 216 g/mol. The first kappa shape index (κ1) is 11.2. The number of hydrogen-bond donors (Lipinski definition) is 0. The van der Waals surface area contributed by atoms with Crippen LogP contribution in [-0.2, 0) is 12.5 Å². The van der Waals surface area contributed by atoms with E-state index < -0.39 is 0 Å². The lowest BCUT2D eigenvalue weighted by atomic mass is 9.81. The third-order valence-corrected chi connectivity index (χ3v) is 3.29. The molecule has 1 heterocycles. The van der Waals surface area contributed by atoms with Crippen LogP contribution in [0.1, 0.15) is 37.5 Å². The van der Waals surface area contributed by atoms with Gasteiger partial charge in [-0.2, -0.15) is 5.10 Å². The van der Waals surface area contributed by atoms with Gasteiger partial charge >= 0.3 is 0 Å². The molecule has 0 amide bonds. The van der Waals surface area contributed by atoms with Crippen LogP contribution in [-0.4, -0.2) is 9.78 Å². The summed E-state index contributed by atoms with van der Waals surface area (Å²) in [6.45, 7) is 11.2. The topological polar surface area (TPSA) is 17.8 Å². The standard InChI is InChI=1S/C14H20N2/c1-9-7-11-8-15-16(6)13(11)12(10(9)2)14(3,4)5/h7-8H,1-6H3. The van der Waals surface area contributed by atoms with Crippen molar-refractivity contribution in [3.05, 3.63) is 29.0 Å². The van der Waals surface area contributed by atoms with Crippen molar-refractivity contribution < 1.29 is 0 Å². The summed E-state index contributed by atoms with van der Waals surface area (Å²) in [7, 11) is 2.02. The second kappa shape index (κ2) is 3.34. The molecule has 2 nitrogen and oxygen atoms in total. The summed E-state index contributed by atoms with van der Waals surface area (Å²) < 4.78 is 1.99. The first-order chi connectivity index (χ1) is 7.32. The Hall–Kier alpha value is -1.31. The first-order valence-corrected chi connectivity index (χ1v) is 5.75. The molecule has 2 rings (SSSR count). The summed E-state index contributed by atoms with van der Waals surface area (Å²) in [4.78, 5) is 0. The van der Waals surface area contributed by atoms with Crippen LogP contribution in [0.3, 0.4) is 0 Å². The molecule has 0 aliphatic rings. The fourth-order valence-electron chi connectivity index (χ4n) is 2.50. The van der Waals surface area contributed by atoms with E-state index in [1.807, 2.05) is 17.9 Å². The van der Waals surface area contributed by atoms with E-state index in [4.69, 9.17) is 0 Å². The van der Waals surface area contributed by atoms with Gasteiger partial charge in [0.2, 0.25) is 0 Å². The minimum atomic E-state index is 0.155. The molecule has 0 spiro atoms. The van der Waals surface area contributed by atoms with Crippen LogP contribution in [0.5, 0.6) is 0 Å². The van der Waals surface area contributed by atoms with Crippen molar-refractivity contribution in [2.45, 2.75) is 40.0 Å². The van der Waals surface area contributed by atoms with Gasteiger partial charge in [0.05, 0.1) is 11.7 Å². The van der Waals surface area contributed by atoms with E-state index in [0.29, 0.717) is 0 Å². The predicted molar refractivity (Wildman–Crippen MR) is 68.9 cm³/mol. The number of fused-ring (bicyclic) bond motifs is 1. The third kappa shape index (κ3) is 1.53. The highest BCUT2D eigenvalue weighted by atomic mass is 15.2. The smallest absolute Gasteiger partial charge is 0.0719 e. The molecule has 0 N–H and O–H groups in total. The lowest BCUT2D eigenvalue weighted by Crippen LogP contribution is -2.16. The maximum absolute atomic E-state index is 4.37. The van der Waals surface area contributed by atoms with Crippen molar-refractivity contribution in [1.82, 2.24) is 9.78 Å². The molecule has 2 aromatic rings. The minimum absolute atomic E-state index is 0.155. The molecule has 0 atom stereocenters. The van der Waals surface area contributed by atoms with Gasteiger partial charge in [0, 0.05) is 12.4 Å². The van der Waals surface area contributed by atoms with Gasteiger partial charge in [0.25, 0.3) is 0 Å². The highest BCUT2D eigenvalue weighted by molar-refractivity contribution is 5.85. The summed E-state index contributed by atoms with van der Waals surface area (Å²) >= 11 is 0. The van der Waals surface area contributed by atoms with Crippen LogP contribution in [0.25, 0.3) is 10.9 Å². The van der Waals surface area contributed by atoms with E-state index in [1.165, 1.54) is 27.6 Å². The zero-order valence-corrected chi connectivity index (χ0v) is 11.0. The molecule has 0 aliphatic carbocycles. The van der Waals surface area contributed by atoms with Gasteiger partial charge in [0.15, 0.2) is 0 Å². The van der Waals surface area contributed by atoms with Crippen LogP contribution in [0.4, 0.5) is 0 Å². The van der Waals surface area contributed by atoms with E-state index in [9.17, 15) is 0 Å². The van der Waals surface area contributed by atoms with Gasteiger partial charge in [-0.3, -0.25) is 4.68 Å². The van der Waals surface area contributed by atoms with Crippen LogP contribution in [0, 0.1) is 13.8 Å². The monoisotopic (exact) mass is 216 g/mol. The molecule has 0 radical (unpaired) electrons. The lowest BCUT2D eigenvalue weighted by Gasteiger charge is -2.24. The van der Waals surface area contributed by atoms with Crippen LogP contribution in [0.15, 0.2) is 12.3 Å². The normalized spacial score (nSPS) is 12.4. The highest BCUT2D eigenvalue weighted by Crippen LogP contribution is 2.34. The Labute approximate surface area is 97.3 Å². The van der Waals surface area contributed by atoms with Crippen molar-refractivity contribution in [3.8, 4) is 0 Å². The van der Waals surface area contributed by atoms with E-state index in [0.717, 1.165) is 0 Å². The van der Waals surface area contributed by atoms with E-state index in [2.05, 4.69) is 45.8 Å². The summed E-state index contributed by atoms with van der Waals surface area (Å²) in [5.41, 5.74) is 5.59. The predicted octanol–water partition coefficient (Wildman–Crippen LogP) is 3.49. The molecule has 0 bridgehead atoms. The average Bonchev–Trinajstić information content (AvgIpc) is 2.47. The fourth-order valence-corrected chi connectivity index (χ4v) is 2.50. The molecule has 86 valence electrons. The van der Waals surface area contributed by atoms with E-state index >= 15 is 0 Å². The lowest BCUT2D eigenvalue weighted by molar-refractivity contribution is 0.586. The van der Waals surface area contributed by atoms with Crippen molar-refractivity contribution >= 4 is 10.9 Å². The summed E-state index contributed by atoms with van der Waals surface area (Å²) in [5, 5.41) is 5.61. The fraction of sp³-hybridized carbons (Fsp3) is 0.500. The van der Waals surface area contributed by atoms with E-state index in [-0.39, 0.29) is 5.41 Å². The Morgan fingerprint density at radius 2 is 1.81 bits per heavy atom. The van der Waals surface area contributed by atoms with Gasteiger partial charge in [-0.15, -0.1) is 0 Å². The Morgan fingerprint density at radius 1 is 1.19 bits per heavy atom. The highest BCUT2D eigenvalue weighted by Gasteiger charge is 2.22.